The number of aryl methyl sites for hydroxylation is 1. The fourth-order valence-electron chi connectivity index (χ4n) is 2.15. The van der Waals surface area contributed by atoms with Crippen LogP contribution in [0.25, 0.3) is 0 Å². The zero-order valence-electron chi connectivity index (χ0n) is 12.2. The molecule has 0 fully saturated rings. The van der Waals surface area contributed by atoms with Gasteiger partial charge in [0.15, 0.2) is 0 Å². The number of aliphatic hydroxyl groups excluding tert-OH is 1. The van der Waals surface area contributed by atoms with Gasteiger partial charge in [-0.25, -0.2) is 4.39 Å². The molecular formula is C17H18FNO2. The van der Waals surface area contributed by atoms with E-state index in [1.807, 2.05) is 20.0 Å². The molecule has 0 radical (unpaired) electrons. The zero-order chi connectivity index (χ0) is 15.2. The van der Waals surface area contributed by atoms with Gasteiger partial charge in [0, 0.05) is 24.2 Å². The van der Waals surface area contributed by atoms with Crippen molar-refractivity contribution in [3.8, 4) is 11.8 Å². The van der Waals surface area contributed by atoms with E-state index in [-0.39, 0.29) is 12.4 Å². The van der Waals surface area contributed by atoms with E-state index in [9.17, 15) is 4.39 Å². The average molecular weight is 287 g/mol. The Bertz CT molecular complexity index is 667. The van der Waals surface area contributed by atoms with Gasteiger partial charge in [0.25, 0.3) is 0 Å². The van der Waals surface area contributed by atoms with E-state index in [1.165, 1.54) is 12.1 Å². The van der Waals surface area contributed by atoms with Crippen LogP contribution < -0.4 is 0 Å². The van der Waals surface area contributed by atoms with Crippen molar-refractivity contribution >= 4 is 0 Å². The second-order valence-electron chi connectivity index (χ2n) is 4.94. The maximum atomic E-state index is 13.3. The number of halogens is 1. The van der Waals surface area contributed by atoms with E-state index in [4.69, 9.17) is 9.52 Å². The molecule has 0 saturated heterocycles. The van der Waals surface area contributed by atoms with Crippen molar-refractivity contribution in [2.75, 3.05) is 13.7 Å². The van der Waals surface area contributed by atoms with Gasteiger partial charge in [-0.1, -0.05) is 17.9 Å². The minimum atomic E-state index is -0.325. The second-order valence-corrected chi connectivity index (χ2v) is 4.94. The highest BCUT2D eigenvalue weighted by molar-refractivity contribution is 5.41. The number of hydrogen-bond donors (Lipinski definition) is 1. The van der Waals surface area contributed by atoms with Gasteiger partial charge in [0.1, 0.15) is 18.2 Å². The molecular weight excluding hydrogens is 269 g/mol. The lowest BCUT2D eigenvalue weighted by Gasteiger charge is -2.17. The van der Waals surface area contributed by atoms with Crippen LogP contribution in [-0.4, -0.2) is 23.7 Å². The minimum Gasteiger partial charge on any atom is -0.469 e. The smallest absolute Gasteiger partial charge is 0.124 e. The largest absolute Gasteiger partial charge is 0.469 e. The normalized spacial score (nSPS) is 10.5. The number of rotatable bonds is 4. The van der Waals surface area contributed by atoms with E-state index in [1.54, 1.807) is 12.3 Å². The first kappa shape index (κ1) is 15.3. The summed E-state index contributed by atoms with van der Waals surface area (Å²) < 4.78 is 18.6. The molecule has 0 aliphatic rings. The summed E-state index contributed by atoms with van der Waals surface area (Å²) in [4.78, 5) is 2.11. The third-order valence-corrected chi connectivity index (χ3v) is 3.22. The molecule has 3 nitrogen and oxygen atoms in total. The Balaban J connectivity index is 2.13. The minimum absolute atomic E-state index is 0.236. The van der Waals surface area contributed by atoms with Crippen LogP contribution >= 0.6 is 0 Å². The lowest BCUT2D eigenvalue weighted by atomic mass is 10.1. The topological polar surface area (TPSA) is 36.6 Å². The molecule has 0 atom stereocenters. The second kappa shape index (κ2) is 7.07. The first-order valence-corrected chi connectivity index (χ1v) is 6.70. The molecule has 0 amide bonds. The predicted molar refractivity (Wildman–Crippen MR) is 79.0 cm³/mol. The van der Waals surface area contributed by atoms with Gasteiger partial charge in [-0.2, -0.15) is 0 Å². The quantitative estimate of drug-likeness (QED) is 0.878. The molecule has 110 valence electrons. The molecule has 0 unspecified atom stereocenters. The van der Waals surface area contributed by atoms with Crippen molar-refractivity contribution in [3.63, 3.8) is 0 Å². The van der Waals surface area contributed by atoms with E-state index >= 15 is 0 Å². The van der Waals surface area contributed by atoms with Crippen molar-refractivity contribution in [1.29, 1.82) is 0 Å². The summed E-state index contributed by atoms with van der Waals surface area (Å²) in [7, 11) is 1.99. The Morgan fingerprint density at radius 3 is 2.67 bits per heavy atom. The van der Waals surface area contributed by atoms with Crippen LogP contribution in [0.3, 0.4) is 0 Å². The Morgan fingerprint density at radius 1 is 1.24 bits per heavy atom. The van der Waals surface area contributed by atoms with E-state index in [0.29, 0.717) is 12.1 Å². The highest BCUT2D eigenvalue weighted by Gasteiger charge is 2.09. The zero-order valence-corrected chi connectivity index (χ0v) is 12.2. The number of benzene rings is 1. The molecule has 0 aliphatic heterocycles. The lowest BCUT2D eigenvalue weighted by Crippen LogP contribution is -2.18. The SMILES string of the molecule is Cc1occc1CN(C)Cc1ccc(F)cc1C#CCO. The third kappa shape index (κ3) is 4.19. The van der Waals surface area contributed by atoms with Crippen molar-refractivity contribution in [1.82, 2.24) is 4.90 Å². The van der Waals surface area contributed by atoms with Crippen LogP contribution in [0, 0.1) is 24.6 Å². The van der Waals surface area contributed by atoms with Crippen LogP contribution in [0.4, 0.5) is 4.39 Å². The maximum absolute atomic E-state index is 13.3. The fourth-order valence-corrected chi connectivity index (χ4v) is 2.15. The van der Waals surface area contributed by atoms with E-state index < -0.39 is 0 Å². The van der Waals surface area contributed by atoms with Gasteiger partial charge in [0.05, 0.1) is 6.26 Å². The highest BCUT2D eigenvalue weighted by atomic mass is 19.1. The summed E-state index contributed by atoms with van der Waals surface area (Å²) in [6.07, 6.45) is 1.68. The Morgan fingerprint density at radius 2 is 2.00 bits per heavy atom. The molecule has 0 bridgehead atoms. The van der Waals surface area contributed by atoms with Gasteiger partial charge in [-0.3, -0.25) is 4.90 Å². The number of nitrogens with zero attached hydrogens (tertiary/aromatic N) is 1. The predicted octanol–water partition coefficient (Wildman–Crippen LogP) is 2.70. The summed E-state index contributed by atoms with van der Waals surface area (Å²) in [5.41, 5.74) is 2.67. The van der Waals surface area contributed by atoms with Gasteiger partial charge in [-0.15, -0.1) is 0 Å². The summed E-state index contributed by atoms with van der Waals surface area (Å²) in [5.74, 6) is 5.94. The molecule has 2 aromatic rings. The number of aliphatic hydroxyl groups is 1. The molecule has 1 heterocycles. The van der Waals surface area contributed by atoms with Gasteiger partial charge in [0.2, 0.25) is 0 Å². The fraction of sp³-hybridized carbons (Fsp3) is 0.294. The number of hydrogen-bond acceptors (Lipinski definition) is 3. The van der Waals surface area contributed by atoms with Crippen molar-refractivity contribution in [3.05, 3.63) is 58.8 Å². The van der Waals surface area contributed by atoms with Crippen LogP contribution in [-0.2, 0) is 13.1 Å². The van der Waals surface area contributed by atoms with Crippen molar-refractivity contribution < 1.29 is 13.9 Å². The molecule has 1 N–H and O–H groups in total. The third-order valence-electron chi connectivity index (χ3n) is 3.22. The van der Waals surface area contributed by atoms with Gasteiger partial charge < -0.3 is 9.52 Å². The Kier molecular flexibility index (Phi) is 5.15. The monoisotopic (exact) mass is 287 g/mol. The summed E-state index contributed by atoms with van der Waals surface area (Å²) in [5, 5.41) is 8.78. The van der Waals surface area contributed by atoms with E-state index in [0.717, 1.165) is 23.4 Å². The standard InChI is InChI=1S/C17H18FNO2/c1-13-15(7-9-21-13)11-19(2)12-16-5-6-17(18)10-14(16)4-3-8-20/h5-7,9-10,20H,8,11-12H2,1-2H3. The summed E-state index contributed by atoms with van der Waals surface area (Å²) in [6.45, 7) is 3.08. The first-order valence-electron chi connectivity index (χ1n) is 6.70. The average Bonchev–Trinajstić information content (AvgIpc) is 2.84. The van der Waals surface area contributed by atoms with E-state index in [2.05, 4.69) is 16.7 Å². The molecule has 21 heavy (non-hydrogen) atoms. The maximum Gasteiger partial charge on any atom is 0.124 e. The molecule has 4 heteroatoms. The summed E-state index contributed by atoms with van der Waals surface area (Å²) >= 11 is 0. The van der Waals surface area contributed by atoms with Gasteiger partial charge in [-0.05, 0) is 37.7 Å². The van der Waals surface area contributed by atoms with Crippen LogP contribution in [0.5, 0.6) is 0 Å². The number of furan rings is 1. The molecule has 0 spiro atoms. The van der Waals surface area contributed by atoms with Crippen LogP contribution in [0.15, 0.2) is 34.9 Å². The summed E-state index contributed by atoms with van der Waals surface area (Å²) in [6, 6.07) is 6.50. The van der Waals surface area contributed by atoms with Crippen molar-refractivity contribution in [2.45, 2.75) is 20.0 Å². The van der Waals surface area contributed by atoms with Gasteiger partial charge >= 0.3 is 0 Å². The first-order chi connectivity index (χ1) is 10.1. The molecule has 1 aromatic carbocycles. The highest BCUT2D eigenvalue weighted by Crippen LogP contribution is 2.16. The molecule has 1 aromatic heterocycles. The Labute approximate surface area is 124 Å². The molecule has 2 rings (SSSR count). The Hall–Kier alpha value is -2.09. The lowest BCUT2D eigenvalue weighted by molar-refractivity contribution is 0.316. The molecule has 0 aliphatic carbocycles. The van der Waals surface area contributed by atoms with Crippen LogP contribution in [0.2, 0.25) is 0 Å². The van der Waals surface area contributed by atoms with Crippen molar-refractivity contribution in [2.24, 2.45) is 0 Å². The van der Waals surface area contributed by atoms with Crippen LogP contribution in [0.1, 0.15) is 22.5 Å². The molecule has 0 saturated carbocycles.